The maximum absolute atomic E-state index is 12.3. The summed E-state index contributed by atoms with van der Waals surface area (Å²) in [6, 6.07) is 13.1. The van der Waals surface area contributed by atoms with Crippen LogP contribution in [0.1, 0.15) is 55.2 Å². The van der Waals surface area contributed by atoms with Crippen LogP contribution in [0.5, 0.6) is 0 Å². The molecule has 2 rings (SSSR count). The summed E-state index contributed by atoms with van der Waals surface area (Å²) >= 11 is 11.9. The molecule has 0 aliphatic rings. The highest BCUT2D eigenvalue weighted by Gasteiger charge is 2.16. The Morgan fingerprint density at radius 2 is 1.65 bits per heavy atom. The van der Waals surface area contributed by atoms with Crippen LogP contribution in [0.2, 0.25) is 10.0 Å². The smallest absolute Gasteiger partial charge is 0.253 e. The first-order valence-electron chi connectivity index (χ1n) is 7.55. The summed E-state index contributed by atoms with van der Waals surface area (Å²) in [6.07, 6.45) is 0. The van der Waals surface area contributed by atoms with E-state index >= 15 is 0 Å². The summed E-state index contributed by atoms with van der Waals surface area (Å²) in [4.78, 5) is 12.3. The number of benzene rings is 2. The van der Waals surface area contributed by atoms with E-state index in [0.717, 1.165) is 5.56 Å². The van der Waals surface area contributed by atoms with Crippen LogP contribution in [-0.2, 0) is 5.41 Å². The highest BCUT2D eigenvalue weighted by Crippen LogP contribution is 2.25. The van der Waals surface area contributed by atoms with Crippen LogP contribution in [0, 0.1) is 0 Å². The second kappa shape index (κ2) is 6.94. The van der Waals surface area contributed by atoms with Gasteiger partial charge in [0.05, 0.1) is 16.6 Å². The van der Waals surface area contributed by atoms with Crippen molar-refractivity contribution in [3.8, 4) is 0 Å². The van der Waals surface area contributed by atoms with Gasteiger partial charge in [-0.3, -0.25) is 4.79 Å². The number of nitrogens with one attached hydrogen (secondary N) is 1. The predicted molar refractivity (Wildman–Crippen MR) is 97.5 cm³/mol. The van der Waals surface area contributed by atoms with Crippen molar-refractivity contribution in [1.82, 2.24) is 5.32 Å². The summed E-state index contributed by atoms with van der Waals surface area (Å²) < 4.78 is 0. The number of carbonyl (C=O) groups is 1. The first-order chi connectivity index (χ1) is 10.7. The lowest BCUT2D eigenvalue weighted by Gasteiger charge is -2.21. The van der Waals surface area contributed by atoms with Crippen molar-refractivity contribution in [2.24, 2.45) is 0 Å². The maximum atomic E-state index is 12.3. The van der Waals surface area contributed by atoms with E-state index in [1.165, 1.54) is 5.56 Å². The third-order valence-corrected chi connectivity index (χ3v) is 4.35. The van der Waals surface area contributed by atoms with Gasteiger partial charge in [0.15, 0.2) is 0 Å². The van der Waals surface area contributed by atoms with E-state index in [4.69, 9.17) is 23.2 Å². The van der Waals surface area contributed by atoms with E-state index in [0.29, 0.717) is 15.6 Å². The Kier molecular flexibility index (Phi) is 5.38. The normalized spacial score (nSPS) is 12.8. The third kappa shape index (κ3) is 4.49. The molecule has 0 heterocycles. The fourth-order valence-corrected chi connectivity index (χ4v) is 2.80. The number of rotatable bonds is 3. The first-order valence-corrected chi connectivity index (χ1v) is 8.30. The lowest BCUT2D eigenvalue weighted by Crippen LogP contribution is -2.27. The molecule has 1 unspecified atom stereocenters. The largest absolute Gasteiger partial charge is 0.345 e. The van der Waals surface area contributed by atoms with Gasteiger partial charge in [0.1, 0.15) is 0 Å². The molecule has 0 fully saturated rings. The summed E-state index contributed by atoms with van der Waals surface area (Å²) in [5, 5.41) is 3.83. The molecule has 2 aromatic carbocycles. The van der Waals surface area contributed by atoms with E-state index < -0.39 is 0 Å². The highest BCUT2D eigenvalue weighted by atomic mass is 35.5. The minimum absolute atomic E-state index is 0.108. The van der Waals surface area contributed by atoms with Crippen LogP contribution >= 0.6 is 23.2 Å². The average molecular weight is 350 g/mol. The number of amides is 1. The quantitative estimate of drug-likeness (QED) is 0.747. The van der Waals surface area contributed by atoms with Gasteiger partial charge in [-0.25, -0.2) is 0 Å². The van der Waals surface area contributed by atoms with Gasteiger partial charge in [-0.1, -0.05) is 68.2 Å². The Hall–Kier alpha value is -1.51. The van der Waals surface area contributed by atoms with Gasteiger partial charge in [0, 0.05) is 5.02 Å². The number of carbonyl (C=O) groups excluding carboxylic acids is 1. The van der Waals surface area contributed by atoms with Gasteiger partial charge in [0.25, 0.3) is 5.91 Å². The Morgan fingerprint density at radius 1 is 1.04 bits per heavy atom. The zero-order chi connectivity index (χ0) is 17.2. The average Bonchev–Trinajstić information content (AvgIpc) is 2.46. The van der Waals surface area contributed by atoms with E-state index in [2.05, 4.69) is 50.4 Å². The van der Waals surface area contributed by atoms with Crippen LogP contribution in [0.15, 0.2) is 42.5 Å². The topological polar surface area (TPSA) is 29.1 Å². The van der Waals surface area contributed by atoms with Gasteiger partial charge in [0.2, 0.25) is 0 Å². The molecule has 1 N–H and O–H groups in total. The monoisotopic (exact) mass is 349 g/mol. The van der Waals surface area contributed by atoms with Gasteiger partial charge in [-0.15, -0.1) is 0 Å². The van der Waals surface area contributed by atoms with Crippen molar-refractivity contribution in [2.45, 2.75) is 39.2 Å². The minimum atomic E-state index is -0.209. The van der Waals surface area contributed by atoms with Crippen LogP contribution < -0.4 is 5.32 Å². The first kappa shape index (κ1) is 17.8. The maximum Gasteiger partial charge on any atom is 0.253 e. The Bertz CT molecular complexity index is 702. The fourth-order valence-electron chi connectivity index (χ4n) is 2.30. The number of hydrogen-bond acceptors (Lipinski definition) is 1. The zero-order valence-electron chi connectivity index (χ0n) is 13.8. The number of hydrogen-bond donors (Lipinski definition) is 1. The molecule has 2 nitrogen and oxygen atoms in total. The molecule has 0 spiro atoms. The van der Waals surface area contributed by atoms with Crippen molar-refractivity contribution in [1.29, 1.82) is 0 Å². The predicted octanol–water partition coefficient (Wildman–Crippen LogP) is 5.78. The molecule has 0 saturated heterocycles. The van der Waals surface area contributed by atoms with Crippen molar-refractivity contribution in [2.75, 3.05) is 0 Å². The second-order valence-corrected chi connectivity index (χ2v) is 7.53. The molecule has 2 aromatic rings. The summed E-state index contributed by atoms with van der Waals surface area (Å²) in [7, 11) is 0. The zero-order valence-corrected chi connectivity index (χ0v) is 15.3. The fraction of sp³-hybridized carbons (Fsp3) is 0.316. The standard InChI is InChI=1S/C19H21Cl2NO/c1-12(13-5-7-14(8-6-13)19(2,3)4)22-18(23)16-10-9-15(20)11-17(16)21/h5-12H,1-4H3,(H,22,23). The third-order valence-electron chi connectivity index (χ3n) is 3.80. The van der Waals surface area contributed by atoms with Gasteiger partial charge in [-0.05, 0) is 41.7 Å². The van der Waals surface area contributed by atoms with Crippen LogP contribution in [0.25, 0.3) is 0 Å². The SMILES string of the molecule is CC(NC(=O)c1ccc(Cl)cc1Cl)c1ccc(C(C)(C)C)cc1. The Morgan fingerprint density at radius 3 is 2.17 bits per heavy atom. The lowest BCUT2D eigenvalue weighted by atomic mass is 9.86. The molecule has 0 bridgehead atoms. The molecule has 122 valence electrons. The molecule has 4 heteroatoms. The molecule has 0 aliphatic carbocycles. The molecule has 0 aromatic heterocycles. The molecule has 1 amide bonds. The van der Waals surface area contributed by atoms with Crippen molar-refractivity contribution in [3.05, 3.63) is 69.2 Å². The van der Waals surface area contributed by atoms with E-state index in [9.17, 15) is 4.79 Å². The summed E-state index contributed by atoms with van der Waals surface area (Å²) in [5.41, 5.74) is 2.85. The lowest BCUT2D eigenvalue weighted by molar-refractivity contribution is 0.0940. The Balaban J connectivity index is 2.12. The molecule has 23 heavy (non-hydrogen) atoms. The van der Waals surface area contributed by atoms with E-state index in [1.807, 2.05) is 6.92 Å². The van der Waals surface area contributed by atoms with Gasteiger partial charge < -0.3 is 5.32 Å². The summed E-state index contributed by atoms with van der Waals surface area (Å²) in [5.74, 6) is -0.209. The van der Waals surface area contributed by atoms with Crippen molar-refractivity contribution in [3.63, 3.8) is 0 Å². The minimum Gasteiger partial charge on any atom is -0.345 e. The van der Waals surface area contributed by atoms with Crippen molar-refractivity contribution < 1.29 is 4.79 Å². The Labute approximate surface area is 147 Å². The van der Waals surface area contributed by atoms with Crippen LogP contribution in [0.4, 0.5) is 0 Å². The van der Waals surface area contributed by atoms with Crippen LogP contribution in [-0.4, -0.2) is 5.91 Å². The summed E-state index contributed by atoms with van der Waals surface area (Å²) in [6.45, 7) is 8.48. The molecule has 0 radical (unpaired) electrons. The molecular formula is C19H21Cl2NO. The van der Waals surface area contributed by atoms with E-state index in [1.54, 1.807) is 18.2 Å². The van der Waals surface area contributed by atoms with Gasteiger partial charge in [-0.2, -0.15) is 0 Å². The number of halogens is 2. The van der Waals surface area contributed by atoms with Crippen LogP contribution in [0.3, 0.4) is 0 Å². The molecular weight excluding hydrogens is 329 g/mol. The molecule has 1 atom stereocenters. The van der Waals surface area contributed by atoms with Crippen molar-refractivity contribution >= 4 is 29.1 Å². The van der Waals surface area contributed by atoms with Gasteiger partial charge >= 0.3 is 0 Å². The molecule has 0 aliphatic heterocycles. The highest BCUT2D eigenvalue weighted by molar-refractivity contribution is 6.36. The molecule has 0 saturated carbocycles. The second-order valence-electron chi connectivity index (χ2n) is 6.69. The van der Waals surface area contributed by atoms with E-state index in [-0.39, 0.29) is 17.4 Å².